The van der Waals surface area contributed by atoms with Crippen LogP contribution in [-0.2, 0) is 0 Å². The highest BCUT2D eigenvalue weighted by molar-refractivity contribution is 7.12. The van der Waals surface area contributed by atoms with Gasteiger partial charge in [0, 0.05) is 24.7 Å². The number of hydrogen-bond acceptors (Lipinski definition) is 5. The van der Waals surface area contributed by atoms with Crippen molar-refractivity contribution in [3.8, 4) is 11.1 Å². The zero-order valence-corrected chi connectivity index (χ0v) is 16.6. The second kappa shape index (κ2) is 7.68. The number of aromatic nitrogens is 3. The van der Waals surface area contributed by atoms with Crippen molar-refractivity contribution in [1.29, 1.82) is 0 Å². The quantitative estimate of drug-likeness (QED) is 0.699. The van der Waals surface area contributed by atoms with E-state index in [2.05, 4.69) is 34.1 Å². The molecule has 1 N–H and O–H groups in total. The average Bonchev–Trinajstić information content (AvgIpc) is 3.45. The number of thiophene rings is 1. The van der Waals surface area contributed by atoms with Crippen molar-refractivity contribution in [2.75, 3.05) is 18.0 Å². The zero-order chi connectivity index (χ0) is 18.8. The molecule has 3 aromatic heterocycles. The lowest BCUT2D eigenvalue weighted by Crippen LogP contribution is -2.33. The van der Waals surface area contributed by atoms with Crippen LogP contribution in [0.4, 0.5) is 5.69 Å². The number of anilines is 1. The molecule has 7 heteroatoms. The zero-order valence-electron chi connectivity index (χ0n) is 15.8. The third kappa shape index (κ3) is 3.56. The molecule has 3 aromatic rings. The van der Waals surface area contributed by atoms with Crippen LogP contribution in [0.1, 0.15) is 49.2 Å². The summed E-state index contributed by atoms with van der Waals surface area (Å²) >= 11 is 1.47. The molecule has 1 amide bonds. The Balaban J connectivity index is 1.57. The summed E-state index contributed by atoms with van der Waals surface area (Å²) in [4.78, 5) is 20.2. The molecule has 4 rings (SSSR count). The third-order valence-electron chi connectivity index (χ3n) is 5.27. The Hall–Kier alpha value is -2.41. The van der Waals surface area contributed by atoms with E-state index in [1.54, 1.807) is 0 Å². The van der Waals surface area contributed by atoms with Crippen molar-refractivity contribution >= 4 is 28.6 Å². The fourth-order valence-corrected chi connectivity index (χ4v) is 4.36. The number of carbonyl (C=O) groups excluding carboxylic acids is 1. The van der Waals surface area contributed by atoms with Crippen molar-refractivity contribution in [3.05, 3.63) is 34.9 Å². The summed E-state index contributed by atoms with van der Waals surface area (Å²) in [6, 6.07) is 2.17. The van der Waals surface area contributed by atoms with Gasteiger partial charge >= 0.3 is 0 Å². The molecule has 1 saturated heterocycles. The molecule has 0 unspecified atom stereocenters. The molecule has 0 saturated carbocycles. The monoisotopic (exact) mass is 383 g/mol. The highest BCUT2D eigenvalue weighted by atomic mass is 32.1. The lowest BCUT2D eigenvalue weighted by Gasteiger charge is -2.16. The summed E-state index contributed by atoms with van der Waals surface area (Å²) in [5.41, 5.74) is 3.89. The predicted molar refractivity (Wildman–Crippen MR) is 110 cm³/mol. The van der Waals surface area contributed by atoms with E-state index >= 15 is 0 Å². The molecule has 0 spiro atoms. The van der Waals surface area contributed by atoms with E-state index < -0.39 is 0 Å². The predicted octanol–water partition coefficient (Wildman–Crippen LogP) is 3.98. The molecule has 4 heterocycles. The number of hydrogen-bond donors (Lipinski definition) is 1. The first-order valence-corrected chi connectivity index (χ1v) is 10.6. The van der Waals surface area contributed by atoms with Gasteiger partial charge in [-0.25, -0.2) is 9.50 Å². The Bertz CT molecular complexity index is 937. The third-order valence-corrected chi connectivity index (χ3v) is 6.20. The Labute approximate surface area is 163 Å². The number of fused-ring (bicyclic) bond motifs is 1. The van der Waals surface area contributed by atoms with E-state index in [1.165, 1.54) is 24.2 Å². The van der Waals surface area contributed by atoms with Gasteiger partial charge in [-0.15, -0.1) is 11.3 Å². The number of nitrogens with zero attached hydrogens (tertiary/aromatic N) is 4. The van der Waals surface area contributed by atoms with Crippen molar-refractivity contribution < 1.29 is 4.79 Å². The molecular formula is C20H25N5OS. The van der Waals surface area contributed by atoms with E-state index in [1.807, 2.05) is 34.6 Å². The molecule has 1 aliphatic rings. The molecule has 27 heavy (non-hydrogen) atoms. The van der Waals surface area contributed by atoms with Gasteiger partial charge in [-0.3, -0.25) is 4.79 Å². The van der Waals surface area contributed by atoms with Gasteiger partial charge in [0.2, 0.25) is 0 Å². The smallest absolute Gasteiger partial charge is 0.261 e. The molecule has 0 atom stereocenters. The van der Waals surface area contributed by atoms with Gasteiger partial charge in [0.15, 0.2) is 5.65 Å². The summed E-state index contributed by atoms with van der Waals surface area (Å²) < 4.78 is 1.84. The van der Waals surface area contributed by atoms with E-state index in [4.69, 9.17) is 0 Å². The molecule has 6 nitrogen and oxygen atoms in total. The van der Waals surface area contributed by atoms with Crippen LogP contribution < -0.4 is 10.2 Å². The second-order valence-corrected chi connectivity index (χ2v) is 7.93. The number of nitrogens with one attached hydrogen (secondary N) is 1. The van der Waals surface area contributed by atoms with Gasteiger partial charge in [0.1, 0.15) is 0 Å². The fourth-order valence-electron chi connectivity index (χ4n) is 3.55. The van der Waals surface area contributed by atoms with Gasteiger partial charge in [0.25, 0.3) is 5.91 Å². The average molecular weight is 384 g/mol. The maximum Gasteiger partial charge on any atom is 0.261 e. The second-order valence-electron chi connectivity index (χ2n) is 7.02. The molecule has 1 fully saturated rings. The van der Waals surface area contributed by atoms with Gasteiger partial charge in [0.05, 0.1) is 29.2 Å². The Morgan fingerprint density at radius 3 is 2.78 bits per heavy atom. The summed E-state index contributed by atoms with van der Waals surface area (Å²) in [5, 5.41) is 9.59. The fraction of sp³-hybridized carbons (Fsp3) is 0.450. The summed E-state index contributed by atoms with van der Waals surface area (Å²) in [6.45, 7) is 6.35. The van der Waals surface area contributed by atoms with Crippen LogP contribution in [0.15, 0.2) is 30.0 Å². The first-order valence-electron chi connectivity index (χ1n) is 9.67. The van der Waals surface area contributed by atoms with Gasteiger partial charge in [-0.1, -0.05) is 13.8 Å². The lowest BCUT2D eigenvalue weighted by atomic mass is 10.1. The number of amides is 1. The van der Waals surface area contributed by atoms with Crippen LogP contribution in [0.25, 0.3) is 16.8 Å². The van der Waals surface area contributed by atoms with Crippen LogP contribution in [0.2, 0.25) is 0 Å². The molecular weight excluding hydrogens is 358 g/mol. The Morgan fingerprint density at radius 1 is 1.26 bits per heavy atom. The standard InChI is InChI=1S/C20H25N5OS/c1-3-15(4-2)23-20(26)18-9-14(13-27-18)17-11-22-25-12-16(10-21-19(17)25)24-7-5-6-8-24/h9-13,15H,3-8H2,1-2H3,(H,23,26). The van der Waals surface area contributed by atoms with Gasteiger partial charge in [-0.05, 0) is 42.7 Å². The largest absolute Gasteiger partial charge is 0.369 e. The van der Waals surface area contributed by atoms with Gasteiger partial charge < -0.3 is 10.2 Å². The maximum absolute atomic E-state index is 12.5. The van der Waals surface area contributed by atoms with Gasteiger partial charge in [-0.2, -0.15) is 5.10 Å². The molecule has 0 aliphatic carbocycles. The Kier molecular flexibility index (Phi) is 5.11. The summed E-state index contributed by atoms with van der Waals surface area (Å²) in [7, 11) is 0. The van der Waals surface area contributed by atoms with Crippen molar-refractivity contribution in [2.24, 2.45) is 0 Å². The molecule has 0 aromatic carbocycles. The molecule has 142 valence electrons. The van der Waals surface area contributed by atoms with Crippen LogP contribution >= 0.6 is 11.3 Å². The highest BCUT2D eigenvalue weighted by Gasteiger charge is 2.17. The lowest BCUT2D eigenvalue weighted by molar-refractivity contribution is 0.0939. The normalized spacial score (nSPS) is 14.4. The maximum atomic E-state index is 12.5. The minimum absolute atomic E-state index is 0.000651. The minimum Gasteiger partial charge on any atom is -0.369 e. The summed E-state index contributed by atoms with van der Waals surface area (Å²) in [5.74, 6) is 0.000651. The molecule has 0 bridgehead atoms. The number of rotatable bonds is 6. The summed E-state index contributed by atoms with van der Waals surface area (Å²) in [6.07, 6.45) is 10.2. The first-order chi connectivity index (χ1) is 13.2. The highest BCUT2D eigenvalue weighted by Crippen LogP contribution is 2.29. The van der Waals surface area contributed by atoms with E-state index in [0.717, 1.165) is 53.3 Å². The SMILES string of the molecule is CCC(CC)NC(=O)c1cc(-c2cnn3cc(N4CCCC4)cnc23)cs1. The van der Waals surface area contributed by atoms with Crippen LogP contribution in [0, 0.1) is 0 Å². The van der Waals surface area contributed by atoms with E-state index in [9.17, 15) is 4.79 Å². The molecule has 0 radical (unpaired) electrons. The number of carbonyl (C=O) groups is 1. The van der Waals surface area contributed by atoms with Crippen molar-refractivity contribution in [2.45, 2.75) is 45.6 Å². The van der Waals surface area contributed by atoms with Crippen molar-refractivity contribution in [1.82, 2.24) is 19.9 Å². The molecule has 1 aliphatic heterocycles. The van der Waals surface area contributed by atoms with E-state index in [0.29, 0.717) is 0 Å². The Morgan fingerprint density at radius 2 is 2.04 bits per heavy atom. The topological polar surface area (TPSA) is 62.5 Å². The van der Waals surface area contributed by atoms with Crippen LogP contribution in [0.5, 0.6) is 0 Å². The van der Waals surface area contributed by atoms with E-state index in [-0.39, 0.29) is 11.9 Å². The van der Waals surface area contributed by atoms with Crippen LogP contribution in [-0.4, -0.2) is 39.6 Å². The van der Waals surface area contributed by atoms with Crippen molar-refractivity contribution in [3.63, 3.8) is 0 Å². The minimum atomic E-state index is 0.000651. The first kappa shape index (κ1) is 18.0. The van der Waals surface area contributed by atoms with Crippen LogP contribution in [0.3, 0.4) is 0 Å².